The molecule has 0 aliphatic rings. The van der Waals surface area contributed by atoms with E-state index < -0.39 is 10.0 Å². The van der Waals surface area contributed by atoms with Crippen LogP contribution in [-0.4, -0.2) is 45.4 Å². The molecule has 28 heavy (non-hydrogen) atoms. The third-order valence-corrected chi connectivity index (χ3v) is 6.20. The zero-order valence-electron chi connectivity index (χ0n) is 15.2. The van der Waals surface area contributed by atoms with Crippen molar-refractivity contribution in [3.8, 4) is 11.1 Å². The zero-order valence-corrected chi connectivity index (χ0v) is 18.9. The summed E-state index contributed by atoms with van der Waals surface area (Å²) in [4.78, 5) is 8.94. The van der Waals surface area contributed by atoms with Gasteiger partial charge >= 0.3 is 29.6 Å². The van der Waals surface area contributed by atoms with E-state index in [1.807, 2.05) is 25.4 Å². The molecular weight excluding hydrogens is 411 g/mol. The molecule has 0 aliphatic heterocycles. The summed E-state index contributed by atoms with van der Waals surface area (Å²) in [6.07, 6.45) is 5.42. The molecule has 4 aromatic heterocycles. The van der Waals surface area contributed by atoms with E-state index in [0.29, 0.717) is 16.5 Å². The van der Waals surface area contributed by atoms with Crippen LogP contribution in [0.25, 0.3) is 26.9 Å². The average molecular weight is 424 g/mol. The number of aromatic nitrogens is 6. The van der Waals surface area contributed by atoms with E-state index in [2.05, 4.69) is 35.3 Å². The van der Waals surface area contributed by atoms with E-state index in [1.54, 1.807) is 23.1 Å². The number of pyridine rings is 2. The van der Waals surface area contributed by atoms with Crippen LogP contribution in [0.1, 0.15) is 0 Å². The molecule has 0 spiro atoms. The Morgan fingerprint density at radius 2 is 1.96 bits per heavy atom. The molecule has 0 amide bonds. The van der Waals surface area contributed by atoms with Gasteiger partial charge in [-0.05, 0) is 18.2 Å². The normalized spacial score (nSPS) is 11.4. The number of hydrogen-bond donors (Lipinski definition) is 1. The smallest absolute Gasteiger partial charge is 0.545 e. The third-order valence-electron chi connectivity index (χ3n) is 3.68. The van der Waals surface area contributed by atoms with Gasteiger partial charge in [-0.2, -0.15) is 12.1 Å². The molecule has 138 valence electrons. The van der Waals surface area contributed by atoms with Crippen LogP contribution in [-0.2, 0) is 17.1 Å². The first-order valence-electron chi connectivity index (χ1n) is 7.67. The van der Waals surface area contributed by atoms with Crippen LogP contribution in [0.15, 0.2) is 41.1 Å². The number of sulfonamides is 1. The van der Waals surface area contributed by atoms with E-state index in [4.69, 9.17) is 0 Å². The maximum atomic E-state index is 11.7. The van der Waals surface area contributed by atoms with E-state index in [-0.39, 0.29) is 33.9 Å². The van der Waals surface area contributed by atoms with Gasteiger partial charge in [-0.1, -0.05) is 11.3 Å². The monoisotopic (exact) mass is 424 g/mol. The van der Waals surface area contributed by atoms with Crippen LogP contribution in [0.2, 0.25) is 0 Å². The topological polar surface area (TPSA) is 130 Å². The van der Waals surface area contributed by atoms with Crippen molar-refractivity contribution >= 4 is 43.3 Å². The fourth-order valence-corrected chi connectivity index (χ4v) is 4.02. The van der Waals surface area contributed by atoms with Crippen LogP contribution in [0.5, 0.6) is 0 Å². The van der Waals surface area contributed by atoms with Gasteiger partial charge in [0.25, 0.3) is 0 Å². The molecular formula is C15H13N8NaO2S2. The number of hydrogen-bond acceptors (Lipinski definition) is 9. The molecule has 0 fully saturated rings. The summed E-state index contributed by atoms with van der Waals surface area (Å²) in [5.41, 5.74) is 3.25. The number of anilines is 2. The summed E-state index contributed by atoms with van der Waals surface area (Å²) >= 11 is 0.886. The van der Waals surface area contributed by atoms with Crippen LogP contribution in [0.3, 0.4) is 0 Å². The predicted molar refractivity (Wildman–Crippen MR) is 101 cm³/mol. The van der Waals surface area contributed by atoms with Crippen LogP contribution in [0.4, 0.5) is 10.9 Å². The first kappa shape index (κ1) is 20.8. The predicted octanol–water partition coefficient (Wildman–Crippen LogP) is -0.678. The van der Waals surface area contributed by atoms with Gasteiger partial charge in [-0.15, -0.1) is 10.2 Å². The maximum Gasteiger partial charge on any atom is 1.00 e. The molecule has 0 atom stereocenters. The second-order valence-corrected chi connectivity index (χ2v) is 8.46. The molecule has 4 heterocycles. The van der Waals surface area contributed by atoms with Gasteiger partial charge in [0.1, 0.15) is 15.8 Å². The quantitative estimate of drug-likeness (QED) is 0.417. The first-order chi connectivity index (χ1) is 12.9. The summed E-state index contributed by atoms with van der Waals surface area (Å²) in [6.45, 7) is 0. The number of nitrogens with zero attached hydrogens (tertiary/aromatic N) is 7. The Balaban J connectivity index is 0.00000225. The molecule has 0 aromatic carbocycles. The third kappa shape index (κ3) is 4.21. The van der Waals surface area contributed by atoms with Gasteiger partial charge in [0.15, 0.2) is 0 Å². The van der Waals surface area contributed by atoms with Crippen molar-refractivity contribution in [2.45, 2.75) is 4.34 Å². The zero-order chi connectivity index (χ0) is 19.0. The summed E-state index contributed by atoms with van der Waals surface area (Å²) < 4.78 is 28.3. The Bertz CT molecular complexity index is 1240. The Kier molecular flexibility index (Phi) is 6.07. The van der Waals surface area contributed by atoms with Gasteiger partial charge in [0.2, 0.25) is 9.47 Å². The van der Waals surface area contributed by atoms with Crippen LogP contribution in [0, 0.1) is 0 Å². The number of nitrogens with one attached hydrogen (secondary N) is 1. The summed E-state index contributed by atoms with van der Waals surface area (Å²) in [5, 5.41) is 14.9. The molecule has 4 aromatic rings. The van der Waals surface area contributed by atoms with Crippen molar-refractivity contribution in [2.75, 3.05) is 12.4 Å². The number of rotatable bonds is 5. The largest absolute Gasteiger partial charge is 1.00 e. The van der Waals surface area contributed by atoms with Crippen molar-refractivity contribution in [3.05, 3.63) is 41.5 Å². The Labute approximate surface area is 186 Å². The molecule has 0 radical (unpaired) electrons. The number of aryl methyl sites for hydroxylation is 1. The second kappa shape index (κ2) is 8.19. The minimum Gasteiger partial charge on any atom is -0.545 e. The molecule has 10 nitrogen and oxygen atoms in total. The van der Waals surface area contributed by atoms with Crippen molar-refractivity contribution in [3.63, 3.8) is 0 Å². The molecule has 13 heteroatoms. The molecule has 0 saturated heterocycles. The maximum absolute atomic E-state index is 11.7. The minimum absolute atomic E-state index is 0. The van der Waals surface area contributed by atoms with Gasteiger partial charge in [-0.3, -0.25) is 9.67 Å². The van der Waals surface area contributed by atoms with Crippen molar-refractivity contribution in [2.24, 2.45) is 7.05 Å². The van der Waals surface area contributed by atoms with Gasteiger partial charge in [0, 0.05) is 30.6 Å². The van der Waals surface area contributed by atoms with Gasteiger partial charge in [-0.25, -0.2) is 13.4 Å². The molecule has 0 bridgehead atoms. The van der Waals surface area contributed by atoms with E-state index in [1.165, 1.54) is 7.05 Å². The Morgan fingerprint density at radius 1 is 1.14 bits per heavy atom. The standard InChI is InChI=1S/C15H13N8O2S2.Na/c1-16-27(24,25)15-22-21-14(26-15)20-13-4-3-11-12(19-13)5-9(6-17-11)10-7-18-23(2)8-10;/h3-8H,1-2H3,(H,19,20,21);/q-1;+1. The van der Waals surface area contributed by atoms with E-state index in [9.17, 15) is 8.42 Å². The fourth-order valence-electron chi connectivity index (χ4n) is 2.36. The summed E-state index contributed by atoms with van der Waals surface area (Å²) in [5.74, 6) is 0.501. The van der Waals surface area contributed by atoms with Crippen LogP contribution < -0.4 is 34.9 Å². The SMILES string of the molecule is C[N-]S(=O)(=O)c1nnc(Nc2ccc3ncc(-c4cnn(C)c4)cc3n2)s1.[Na+]. The van der Waals surface area contributed by atoms with Gasteiger partial charge in [0.05, 0.1) is 17.2 Å². The number of fused-ring (bicyclic) bond motifs is 1. The molecule has 0 saturated carbocycles. The van der Waals surface area contributed by atoms with Crippen molar-refractivity contribution < 1.29 is 38.0 Å². The minimum atomic E-state index is -3.75. The second-order valence-electron chi connectivity index (χ2n) is 5.52. The molecule has 0 unspecified atom stereocenters. The van der Waals surface area contributed by atoms with E-state index >= 15 is 0 Å². The first-order valence-corrected chi connectivity index (χ1v) is 9.93. The Hall–Kier alpha value is -1.96. The van der Waals surface area contributed by atoms with Gasteiger partial charge < -0.3 is 10.0 Å². The summed E-state index contributed by atoms with van der Waals surface area (Å²) in [6, 6.07) is 5.47. The van der Waals surface area contributed by atoms with Crippen molar-refractivity contribution in [1.29, 1.82) is 0 Å². The molecule has 0 aliphatic carbocycles. The average Bonchev–Trinajstić information content (AvgIpc) is 3.31. The van der Waals surface area contributed by atoms with Crippen molar-refractivity contribution in [1.82, 2.24) is 29.9 Å². The van der Waals surface area contributed by atoms with E-state index in [0.717, 1.165) is 28.0 Å². The molecule has 1 N–H and O–H groups in total. The van der Waals surface area contributed by atoms with Crippen LogP contribution >= 0.6 is 11.3 Å². The Morgan fingerprint density at radius 3 is 2.68 bits per heavy atom. The fraction of sp³-hybridized carbons (Fsp3) is 0.133. The molecule has 4 rings (SSSR count). The summed E-state index contributed by atoms with van der Waals surface area (Å²) in [7, 11) is -0.703.